The molecule has 1 amide bonds. The molecule has 0 aliphatic rings. The second-order valence-corrected chi connectivity index (χ2v) is 10.7. The van der Waals surface area contributed by atoms with Gasteiger partial charge >= 0.3 is 0 Å². The van der Waals surface area contributed by atoms with Gasteiger partial charge in [-0.3, -0.25) is 9.10 Å². The van der Waals surface area contributed by atoms with Gasteiger partial charge in [-0.05, 0) is 54.6 Å². The van der Waals surface area contributed by atoms with Crippen LogP contribution in [0.15, 0.2) is 93.3 Å². The van der Waals surface area contributed by atoms with Crippen LogP contribution in [0.1, 0.15) is 5.76 Å². The maximum Gasteiger partial charge on any atom is 0.264 e. The fourth-order valence-corrected chi connectivity index (χ4v) is 5.55. The molecule has 0 fully saturated rings. The van der Waals surface area contributed by atoms with Crippen molar-refractivity contribution in [3.63, 3.8) is 0 Å². The smallest absolute Gasteiger partial charge is 0.264 e. The lowest BCUT2D eigenvalue weighted by molar-refractivity contribution is -0.119. The zero-order chi connectivity index (χ0) is 28.0. The van der Waals surface area contributed by atoms with Crippen LogP contribution >= 0.6 is 23.2 Å². The topological polar surface area (TPSA) is 110 Å². The number of ether oxygens (including phenoxy) is 2. The summed E-state index contributed by atoms with van der Waals surface area (Å²) >= 11 is 12.2. The number of hydrogen-bond acceptors (Lipinski definition) is 7. The molecular weight excluding hydrogens is 565 g/mol. The van der Waals surface area contributed by atoms with Gasteiger partial charge in [-0.15, -0.1) is 0 Å². The second-order valence-electron chi connectivity index (χ2n) is 7.98. The summed E-state index contributed by atoms with van der Waals surface area (Å²) in [4.78, 5) is 12.9. The van der Waals surface area contributed by atoms with Crippen LogP contribution in [0.3, 0.4) is 0 Å². The molecule has 1 aromatic heterocycles. The number of sulfonamides is 1. The molecule has 0 unspecified atom stereocenters. The molecule has 1 N–H and O–H groups in total. The molecular formula is C27H23Cl2N3O6S. The Balaban J connectivity index is 1.55. The monoisotopic (exact) mass is 587 g/mol. The van der Waals surface area contributed by atoms with Crippen LogP contribution in [0.2, 0.25) is 10.0 Å². The van der Waals surface area contributed by atoms with E-state index in [1.807, 2.05) is 0 Å². The molecule has 39 heavy (non-hydrogen) atoms. The summed E-state index contributed by atoms with van der Waals surface area (Å²) in [5, 5.41) is 4.83. The van der Waals surface area contributed by atoms with E-state index in [2.05, 4.69) is 10.5 Å². The molecule has 0 radical (unpaired) electrons. The molecule has 0 aliphatic carbocycles. The predicted molar refractivity (Wildman–Crippen MR) is 150 cm³/mol. The van der Waals surface area contributed by atoms with Crippen molar-refractivity contribution in [3.05, 3.63) is 94.7 Å². The summed E-state index contributed by atoms with van der Waals surface area (Å²) in [6.45, 7) is -0.582. The number of nitrogens with one attached hydrogen (secondary N) is 1. The normalized spacial score (nSPS) is 11.4. The highest BCUT2D eigenvalue weighted by Gasteiger charge is 2.29. The van der Waals surface area contributed by atoms with Gasteiger partial charge in [-0.1, -0.05) is 41.4 Å². The molecule has 0 bridgehead atoms. The van der Waals surface area contributed by atoms with E-state index >= 15 is 0 Å². The Kier molecular flexibility index (Phi) is 8.80. The van der Waals surface area contributed by atoms with Crippen molar-refractivity contribution < 1.29 is 27.1 Å². The molecule has 0 aliphatic heterocycles. The Labute approximate surface area is 235 Å². The minimum atomic E-state index is -4.15. The van der Waals surface area contributed by atoms with Crippen molar-refractivity contribution in [2.45, 2.75) is 4.90 Å². The number of amides is 1. The van der Waals surface area contributed by atoms with Gasteiger partial charge in [0.2, 0.25) is 0 Å². The lowest BCUT2D eigenvalue weighted by atomic mass is 10.2. The minimum absolute atomic E-state index is 0.00291. The number of benzene rings is 3. The third-order valence-electron chi connectivity index (χ3n) is 5.48. The fraction of sp³-hybridized carbons (Fsp3) is 0.111. The van der Waals surface area contributed by atoms with Gasteiger partial charge in [-0.2, -0.15) is 5.10 Å². The lowest BCUT2D eigenvalue weighted by Gasteiger charge is -2.25. The van der Waals surface area contributed by atoms with Crippen LogP contribution in [-0.2, 0) is 14.8 Å². The number of anilines is 1. The first-order valence-corrected chi connectivity index (χ1v) is 13.6. The summed E-state index contributed by atoms with van der Waals surface area (Å²) in [5.41, 5.74) is 3.13. The molecule has 3 aromatic carbocycles. The summed E-state index contributed by atoms with van der Waals surface area (Å²) in [6, 6.07) is 20.7. The average molecular weight is 588 g/mol. The van der Waals surface area contributed by atoms with E-state index in [1.54, 1.807) is 54.6 Å². The molecule has 0 saturated heterocycles. The highest BCUT2D eigenvalue weighted by atomic mass is 35.5. The third kappa shape index (κ3) is 6.54. The first kappa shape index (κ1) is 28.0. The van der Waals surface area contributed by atoms with E-state index < -0.39 is 22.5 Å². The number of hydrogen-bond donors (Lipinski definition) is 1. The molecule has 4 aromatic rings. The highest BCUT2D eigenvalue weighted by molar-refractivity contribution is 7.92. The van der Waals surface area contributed by atoms with E-state index in [1.165, 1.54) is 44.7 Å². The Morgan fingerprint density at radius 1 is 1.00 bits per heavy atom. The number of halogens is 2. The van der Waals surface area contributed by atoms with E-state index in [9.17, 15) is 13.2 Å². The predicted octanol–water partition coefficient (Wildman–Crippen LogP) is 5.62. The van der Waals surface area contributed by atoms with Crippen molar-refractivity contribution in [3.8, 4) is 22.8 Å². The van der Waals surface area contributed by atoms with Gasteiger partial charge in [0.25, 0.3) is 15.9 Å². The van der Waals surface area contributed by atoms with Gasteiger partial charge in [0.15, 0.2) is 0 Å². The van der Waals surface area contributed by atoms with Crippen LogP contribution in [0.25, 0.3) is 11.3 Å². The first-order chi connectivity index (χ1) is 18.7. The number of methoxy groups -OCH3 is 2. The van der Waals surface area contributed by atoms with Crippen molar-refractivity contribution in [1.82, 2.24) is 5.43 Å². The standard InChI is InChI=1S/C27H23Cl2N3O6S/c1-36-19-9-12-24(26(15-19)37-2)32(39(34,35)21-6-4-3-5-7-21)17-27(33)31-30-16-20-10-13-25(38-20)22-11-8-18(28)14-23(22)29/h3-16H,17H2,1-2H3,(H,31,33)/b30-16-. The maximum absolute atomic E-state index is 13.6. The number of nitrogens with zero attached hydrogens (tertiary/aromatic N) is 2. The number of rotatable bonds is 10. The summed E-state index contributed by atoms with van der Waals surface area (Å²) in [7, 11) is -1.28. The van der Waals surface area contributed by atoms with Gasteiger partial charge in [0.05, 0.1) is 36.0 Å². The van der Waals surface area contributed by atoms with Crippen LogP contribution in [0.4, 0.5) is 5.69 Å². The van der Waals surface area contributed by atoms with Crippen LogP contribution in [-0.4, -0.2) is 41.3 Å². The molecule has 12 heteroatoms. The summed E-state index contributed by atoms with van der Waals surface area (Å²) in [5.74, 6) is 0.780. The molecule has 0 atom stereocenters. The fourth-order valence-electron chi connectivity index (χ4n) is 3.60. The van der Waals surface area contributed by atoms with Crippen molar-refractivity contribution in [2.24, 2.45) is 5.10 Å². The summed E-state index contributed by atoms with van der Waals surface area (Å²) in [6.07, 6.45) is 1.29. The zero-order valence-corrected chi connectivity index (χ0v) is 23.1. The number of hydrazone groups is 1. The van der Waals surface area contributed by atoms with E-state index in [0.29, 0.717) is 32.9 Å². The Morgan fingerprint density at radius 3 is 2.46 bits per heavy atom. The quantitative estimate of drug-likeness (QED) is 0.190. The van der Waals surface area contributed by atoms with Crippen molar-refractivity contribution in [1.29, 1.82) is 0 Å². The molecule has 0 spiro atoms. The van der Waals surface area contributed by atoms with Crippen LogP contribution in [0.5, 0.6) is 11.5 Å². The Hall–Kier alpha value is -3.99. The lowest BCUT2D eigenvalue weighted by Crippen LogP contribution is -2.39. The van der Waals surface area contributed by atoms with Crippen molar-refractivity contribution >= 4 is 51.0 Å². The van der Waals surface area contributed by atoms with E-state index in [-0.39, 0.29) is 16.3 Å². The number of carbonyl (C=O) groups excluding carboxylic acids is 1. The molecule has 0 saturated carbocycles. The van der Waals surface area contributed by atoms with Gasteiger partial charge in [0.1, 0.15) is 29.6 Å². The SMILES string of the molecule is COc1ccc(N(CC(=O)N/N=C\c2ccc(-c3ccc(Cl)cc3Cl)o2)S(=O)(=O)c2ccccc2)c(OC)c1. The molecule has 202 valence electrons. The highest BCUT2D eigenvalue weighted by Crippen LogP contribution is 2.35. The van der Waals surface area contributed by atoms with Crippen LogP contribution < -0.4 is 19.2 Å². The van der Waals surface area contributed by atoms with E-state index in [0.717, 1.165) is 4.31 Å². The van der Waals surface area contributed by atoms with Crippen molar-refractivity contribution in [2.75, 3.05) is 25.1 Å². The largest absolute Gasteiger partial charge is 0.497 e. The van der Waals surface area contributed by atoms with Gasteiger partial charge in [0, 0.05) is 16.7 Å². The molecule has 4 rings (SSSR count). The minimum Gasteiger partial charge on any atom is -0.497 e. The second kappa shape index (κ2) is 12.2. The third-order valence-corrected chi connectivity index (χ3v) is 7.80. The zero-order valence-electron chi connectivity index (χ0n) is 20.8. The Morgan fingerprint density at radius 2 is 1.77 bits per heavy atom. The number of carbonyl (C=O) groups is 1. The first-order valence-electron chi connectivity index (χ1n) is 11.4. The van der Waals surface area contributed by atoms with Crippen LogP contribution in [0, 0.1) is 0 Å². The maximum atomic E-state index is 13.6. The Bertz CT molecular complexity index is 1610. The number of furan rings is 1. The average Bonchev–Trinajstić information content (AvgIpc) is 3.40. The summed E-state index contributed by atoms with van der Waals surface area (Å²) < 4.78 is 44.4. The van der Waals surface area contributed by atoms with E-state index in [4.69, 9.17) is 37.1 Å². The van der Waals surface area contributed by atoms with Gasteiger partial charge < -0.3 is 13.9 Å². The van der Waals surface area contributed by atoms with Gasteiger partial charge in [-0.25, -0.2) is 13.8 Å². The molecule has 1 heterocycles. The molecule has 9 nitrogen and oxygen atoms in total.